The number of fused-ring (bicyclic) bond motifs is 4. The van der Waals surface area contributed by atoms with Gasteiger partial charge in [0.2, 0.25) is 0 Å². The first-order valence-corrected chi connectivity index (χ1v) is 8.36. The van der Waals surface area contributed by atoms with Crippen LogP contribution >= 0.6 is 0 Å². The van der Waals surface area contributed by atoms with Crippen molar-refractivity contribution in [1.29, 1.82) is 0 Å². The zero-order chi connectivity index (χ0) is 19.3. The van der Waals surface area contributed by atoms with Crippen molar-refractivity contribution in [1.82, 2.24) is 14.1 Å². The number of esters is 2. The molecule has 27 heavy (non-hydrogen) atoms. The van der Waals surface area contributed by atoms with Crippen molar-refractivity contribution in [3.63, 3.8) is 0 Å². The van der Waals surface area contributed by atoms with Crippen LogP contribution in [0, 0.1) is 0 Å². The van der Waals surface area contributed by atoms with Crippen molar-refractivity contribution >= 4 is 23.0 Å². The maximum absolute atomic E-state index is 11.6. The summed E-state index contributed by atoms with van der Waals surface area (Å²) in [6, 6.07) is 9.93. The molecule has 4 aromatic rings. The summed E-state index contributed by atoms with van der Waals surface area (Å²) < 4.78 is 14.0. The first-order valence-electron chi connectivity index (χ1n) is 8.36. The topological polar surface area (TPSA) is 86.6 Å². The van der Waals surface area contributed by atoms with Gasteiger partial charge in [-0.05, 0) is 31.2 Å². The number of aromatic hydroxyl groups is 1. The lowest BCUT2D eigenvalue weighted by Gasteiger charge is -2.05. The predicted molar refractivity (Wildman–Crippen MR) is 96.9 cm³/mol. The average Bonchev–Trinajstić information content (AvgIpc) is 3.28. The number of rotatable bonds is 5. The van der Waals surface area contributed by atoms with Gasteiger partial charge in [-0.15, -0.1) is 14.1 Å². The fourth-order valence-electron chi connectivity index (χ4n) is 2.72. The summed E-state index contributed by atoms with van der Waals surface area (Å²) >= 11 is 0. The van der Waals surface area contributed by atoms with Crippen LogP contribution in [0.25, 0.3) is 16.7 Å². The van der Waals surface area contributed by atoms with Gasteiger partial charge in [-0.25, -0.2) is 4.79 Å². The molecule has 0 bridgehead atoms. The van der Waals surface area contributed by atoms with Gasteiger partial charge in [0.25, 0.3) is 0 Å². The fraction of sp³-hybridized carbons (Fsp3) is 0.158. The van der Waals surface area contributed by atoms with Crippen LogP contribution in [0.3, 0.4) is 0 Å². The van der Waals surface area contributed by atoms with E-state index in [1.807, 2.05) is 15.3 Å². The highest BCUT2D eigenvalue weighted by Gasteiger charge is 2.26. The Labute approximate surface area is 153 Å². The second kappa shape index (κ2) is 5.94. The summed E-state index contributed by atoms with van der Waals surface area (Å²) in [5.74, 6) is -0.192. The standard InChI is InChI=1S/C19H17N3O5/c1-4-18(24)26-12-5-7-14-16(9-12)22-20(14)21(22)15-8-6-13(10-17(15)23)27-19(25)11(2)3/h5-10,23H,2,4H2,1,3H3. The van der Waals surface area contributed by atoms with E-state index in [9.17, 15) is 14.7 Å². The highest BCUT2D eigenvalue weighted by molar-refractivity contribution is 5.89. The molecule has 0 radical (unpaired) electrons. The molecule has 0 spiro atoms. The SMILES string of the molecule is C=C(C)C(=O)Oc1ccc(-n2n3c4ccc(OC(=O)CC)cc4n23)c(O)c1. The second-order valence-electron chi connectivity index (χ2n) is 6.17. The third-order valence-corrected chi connectivity index (χ3v) is 4.13. The van der Waals surface area contributed by atoms with E-state index in [-0.39, 0.29) is 23.0 Å². The molecule has 0 fully saturated rings. The van der Waals surface area contributed by atoms with Gasteiger partial charge < -0.3 is 14.6 Å². The van der Waals surface area contributed by atoms with Crippen LogP contribution in [-0.2, 0) is 9.59 Å². The molecule has 0 amide bonds. The molecule has 0 atom stereocenters. The molecule has 2 aromatic carbocycles. The number of phenols is 1. The van der Waals surface area contributed by atoms with E-state index in [2.05, 4.69) is 6.58 Å². The van der Waals surface area contributed by atoms with E-state index in [0.717, 1.165) is 11.0 Å². The molecule has 8 nitrogen and oxygen atoms in total. The molecule has 1 N–H and O–H groups in total. The lowest BCUT2D eigenvalue weighted by Crippen LogP contribution is -2.08. The molecule has 4 rings (SSSR count). The van der Waals surface area contributed by atoms with Crippen molar-refractivity contribution in [2.24, 2.45) is 0 Å². The Bertz CT molecular complexity index is 1190. The fourth-order valence-corrected chi connectivity index (χ4v) is 2.72. The predicted octanol–water partition coefficient (Wildman–Crippen LogP) is 2.92. The Morgan fingerprint density at radius 2 is 1.70 bits per heavy atom. The Morgan fingerprint density at radius 1 is 1.04 bits per heavy atom. The molecule has 2 aromatic heterocycles. The Balaban J connectivity index is 1.63. The minimum Gasteiger partial charge on any atom is -0.505 e. The van der Waals surface area contributed by atoms with Gasteiger partial charge in [0.15, 0.2) is 0 Å². The zero-order valence-corrected chi connectivity index (χ0v) is 14.8. The van der Waals surface area contributed by atoms with Gasteiger partial charge in [0.1, 0.15) is 34.0 Å². The number of carbonyl (C=O) groups excluding carboxylic acids is 2. The van der Waals surface area contributed by atoms with Gasteiger partial charge in [-0.2, -0.15) is 0 Å². The van der Waals surface area contributed by atoms with Crippen LogP contribution in [0.15, 0.2) is 48.6 Å². The van der Waals surface area contributed by atoms with Crippen molar-refractivity contribution in [2.45, 2.75) is 20.3 Å². The minimum atomic E-state index is -0.553. The normalized spacial score (nSPS) is 11.3. The molecular formula is C19H17N3O5. The van der Waals surface area contributed by atoms with E-state index < -0.39 is 5.97 Å². The smallest absolute Gasteiger partial charge is 0.338 e. The van der Waals surface area contributed by atoms with Crippen LogP contribution < -0.4 is 9.47 Å². The number of aromatic nitrogens is 3. The van der Waals surface area contributed by atoms with Gasteiger partial charge in [-0.1, -0.05) is 13.5 Å². The number of carbonyl (C=O) groups is 2. The summed E-state index contributed by atoms with van der Waals surface area (Å²) in [5.41, 5.74) is 2.57. The molecular weight excluding hydrogens is 350 g/mol. The van der Waals surface area contributed by atoms with E-state index in [1.54, 1.807) is 42.9 Å². The lowest BCUT2D eigenvalue weighted by atomic mass is 10.3. The Hall–Kier alpha value is -3.68. The van der Waals surface area contributed by atoms with E-state index >= 15 is 0 Å². The number of ether oxygens (including phenoxy) is 2. The number of hydrogen-bond acceptors (Lipinski definition) is 5. The molecule has 0 aliphatic rings. The third kappa shape index (κ3) is 2.71. The van der Waals surface area contributed by atoms with Crippen molar-refractivity contribution in [3.05, 3.63) is 48.6 Å². The molecule has 138 valence electrons. The van der Waals surface area contributed by atoms with Gasteiger partial charge in [0.05, 0.1) is 0 Å². The van der Waals surface area contributed by atoms with Gasteiger partial charge >= 0.3 is 11.9 Å². The summed E-state index contributed by atoms with van der Waals surface area (Å²) in [6.07, 6.45) is 0.301. The Morgan fingerprint density at radius 3 is 2.37 bits per heavy atom. The zero-order valence-electron chi connectivity index (χ0n) is 14.8. The minimum absolute atomic E-state index is 0.0417. The first kappa shape index (κ1) is 16.8. The monoisotopic (exact) mass is 367 g/mol. The highest BCUT2D eigenvalue weighted by atomic mass is 16.5. The van der Waals surface area contributed by atoms with Crippen LogP contribution in [0.5, 0.6) is 17.2 Å². The van der Waals surface area contributed by atoms with Crippen molar-refractivity contribution in [3.8, 4) is 22.9 Å². The van der Waals surface area contributed by atoms with E-state index in [0.29, 0.717) is 17.9 Å². The largest absolute Gasteiger partial charge is 0.505 e. The van der Waals surface area contributed by atoms with E-state index in [1.165, 1.54) is 6.07 Å². The maximum atomic E-state index is 11.6. The number of benzene rings is 2. The summed E-state index contributed by atoms with van der Waals surface area (Å²) in [5, 5.41) is 10.3. The molecule has 0 aliphatic heterocycles. The average molecular weight is 367 g/mol. The quantitative estimate of drug-likeness (QED) is 0.333. The number of hydrogen-bond donors (Lipinski definition) is 1. The summed E-state index contributed by atoms with van der Waals surface area (Å²) in [4.78, 5) is 24.8. The summed E-state index contributed by atoms with van der Waals surface area (Å²) in [6.45, 7) is 6.80. The van der Waals surface area contributed by atoms with Gasteiger partial charge in [0, 0.05) is 24.1 Å². The first-order chi connectivity index (χ1) is 12.9. The molecule has 0 aliphatic carbocycles. The van der Waals surface area contributed by atoms with Crippen LogP contribution in [0.1, 0.15) is 20.3 Å². The molecule has 0 saturated heterocycles. The number of nitrogens with zero attached hydrogens (tertiary/aromatic N) is 3. The Kier molecular flexibility index (Phi) is 3.69. The molecule has 8 heteroatoms. The van der Waals surface area contributed by atoms with Crippen molar-refractivity contribution in [2.75, 3.05) is 0 Å². The van der Waals surface area contributed by atoms with E-state index in [4.69, 9.17) is 9.47 Å². The molecule has 2 heterocycles. The van der Waals surface area contributed by atoms with Gasteiger partial charge in [-0.3, -0.25) is 4.79 Å². The maximum Gasteiger partial charge on any atom is 0.338 e. The van der Waals surface area contributed by atoms with Crippen LogP contribution in [0.4, 0.5) is 0 Å². The summed E-state index contributed by atoms with van der Waals surface area (Å²) in [7, 11) is 0. The highest BCUT2D eigenvalue weighted by Crippen LogP contribution is 2.34. The number of phenolic OH excluding ortho intramolecular Hbond substituents is 1. The molecule has 0 saturated carbocycles. The second-order valence-corrected chi connectivity index (χ2v) is 6.17. The van der Waals surface area contributed by atoms with Crippen LogP contribution in [0.2, 0.25) is 0 Å². The lowest BCUT2D eigenvalue weighted by molar-refractivity contribution is -0.134. The van der Waals surface area contributed by atoms with Crippen molar-refractivity contribution < 1.29 is 24.2 Å². The third-order valence-electron chi connectivity index (χ3n) is 4.13. The van der Waals surface area contributed by atoms with Crippen LogP contribution in [-0.4, -0.2) is 31.1 Å². The molecule has 0 unspecified atom stereocenters.